The number of carbonyl (C=O) groups excluding carboxylic acids is 1. The zero-order chi connectivity index (χ0) is 12.1. The topological polar surface area (TPSA) is 122 Å². The molecule has 0 aromatic carbocycles. The Kier molecular flexibility index (Phi) is 4.66. The van der Waals surface area contributed by atoms with Gasteiger partial charge in [-0.15, -0.1) is 0 Å². The summed E-state index contributed by atoms with van der Waals surface area (Å²) in [5.41, 5.74) is 5.62. The van der Waals surface area contributed by atoms with Crippen LogP contribution in [-0.2, 0) is 14.3 Å². The second-order valence-corrected chi connectivity index (χ2v) is 3.72. The lowest BCUT2D eigenvalue weighted by molar-refractivity contribution is -0.143. The number of carboxylic acid groups (broad SMARTS) is 1. The molecule has 16 heavy (non-hydrogen) atoms. The van der Waals surface area contributed by atoms with Crippen LogP contribution in [0.5, 0.6) is 0 Å². The standard InChI is InChI=1S/C9H16N2O5/c10-6-4-16-3-5(6)8(13)11-7(1-2-12)9(14)15/h5-7,12H,1-4,10H2,(H,11,13)(H,14,15)/t5?,6?,7-/m0/s1. The molecule has 1 amide bonds. The predicted octanol–water partition coefficient (Wildman–Crippen LogP) is -2.09. The van der Waals surface area contributed by atoms with E-state index in [-0.39, 0.29) is 19.6 Å². The second-order valence-electron chi connectivity index (χ2n) is 3.72. The van der Waals surface area contributed by atoms with Gasteiger partial charge in [0.25, 0.3) is 0 Å². The minimum absolute atomic E-state index is 0.0239. The first-order valence-corrected chi connectivity index (χ1v) is 5.03. The van der Waals surface area contributed by atoms with E-state index in [0.717, 1.165) is 0 Å². The van der Waals surface area contributed by atoms with E-state index in [1.165, 1.54) is 0 Å². The molecule has 1 heterocycles. The Morgan fingerprint density at radius 1 is 1.50 bits per heavy atom. The van der Waals surface area contributed by atoms with Crippen LogP contribution in [0, 0.1) is 5.92 Å². The molecule has 0 radical (unpaired) electrons. The number of nitrogens with one attached hydrogen (secondary N) is 1. The Hall–Kier alpha value is -1.18. The summed E-state index contributed by atoms with van der Waals surface area (Å²) in [7, 11) is 0. The van der Waals surface area contributed by atoms with Crippen LogP contribution in [-0.4, -0.2) is 54.0 Å². The lowest BCUT2D eigenvalue weighted by Gasteiger charge is -2.17. The Labute approximate surface area is 92.6 Å². The van der Waals surface area contributed by atoms with Crippen LogP contribution in [0.2, 0.25) is 0 Å². The molecular weight excluding hydrogens is 216 g/mol. The fourth-order valence-corrected chi connectivity index (χ4v) is 1.51. The van der Waals surface area contributed by atoms with Crippen molar-refractivity contribution in [2.75, 3.05) is 19.8 Å². The number of aliphatic carboxylic acids is 1. The number of ether oxygens (including phenoxy) is 1. The van der Waals surface area contributed by atoms with Crippen LogP contribution in [0.1, 0.15) is 6.42 Å². The van der Waals surface area contributed by atoms with Crippen molar-refractivity contribution in [3.05, 3.63) is 0 Å². The summed E-state index contributed by atoms with van der Waals surface area (Å²) in [6.45, 7) is 0.207. The molecule has 0 spiro atoms. The monoisotopic (exact) mass is 232 g/mol. The van der Waals surface area contributed by atoms with E-state index in [0.29, 0.717) is 6.61 Å². The first-order chi connectivity index (χ1) is 7.56. The maximum absolute atomic E-state index is 11.6. The number of aliphatic hydroxyl groups is 1. The molecule has 1 aliphatic heterocycles. The maximum Gasteiger partial charge on any atom is 0.326 e. The number of hydrogen-bond donors (Lipinski definition) is 4. The van der Waals surface area contributed by atoms with Crippen molar-refractivity contribution in [2.24, 2.45) is 11.7 Å². The van der Waals surface area contributed by atoms with E-state index in [2.05, 4.69) is 5.32 Å². The number of hydrogen-bond acceptors (Lipinski definition) is 5. The molecular formula is C9H16N2O5. The fraction of sp³-hybridized carbons (Fsp3) is 0.778. The van der Waals surface area contributed by atoms with Crippen molar-refractivity contribution in [3.8, 4) is 0 Å². The Morgan fingerprint density at radius 2 is 2.19 bits per heavy atom. The van der Waals surface area contributed by atoms with Crippen molar-refractivity contribution in [1.82, 2.24) is 5.32 Å². The summed E-state index contributed by atoms with van der Waals surface area (Å²) in [5, 5.41) is 19.8. The summed E-state index contributed by atoms with van der Waals surface area (Å²) in [5.74, 6) is -2.12. The molecule has 0 saturated carbocycles. The van der Waals surface area contributed by atoms with Gasteiger partial charge in [0.2, 0.25) is 5.91 Å². The molecule has 3 atom stereocenters. The van der Waals surface area contributed by atoms with Crippen molar-refractivity contribution in [3.63, 3.8) is 0 Å². The lowest BCUT2D eigenvalue weighted by Crippen LogP contribution is -2.48. The molecule has 0 aliphatic carbocycles. The van der Waals surface area contributed by atoms with Crippen LogP contribution >= 0.6 is 0 Å². The molecule has 2 unspecified atom stereocenters. The van der Waals surface area contributed by atoms with Gasteiger partial charge in [0, 0.05) is 19.1 Å². The third-order valence-electron chi connectivity index (χ3n) is 2.49. The quantitative estimate of drug-likeness (QED) is 0.431. The Morgan fingerprint density at radius 3 is 2.62 bits per heavy atom. The number of amides is 1. The molecule has 1 rings (SSSR count). The normalized spacial score (nSPS) is 26.4. The minimum Gasteiger partial charge on any atom is -0.480 e. The third kappa shape index (κ3) is 3.16. The molecule has 1 aliphatic rings. The zero-order valence-electron chi connectivity index (χ0n) is 8.76. The average Bonchev–Trinajstić information content (AvgIpc) is 2.63. The average molecular weight is 232 g/mol. The van der Waals surface area contributed by atoms with Gasteiger partial charge in [-0.25, -0.2) is 4.79 Å². The SMILES string of the molecule is NC1COCC1C(=O)N[C@@H](CCO)C(=O)O. The molecule has 92 valence electrons. The number of aliphatic hydroxyl groups excluding tert-OH is 1. The molecule has 0 bridgehead atoms. The van der Waals surface area contributed by atoms with Gasteiger partial charge >= 0.3 is 5.97 Å². The van der Waals surface area contributed by atoms with Crippen LogP contribution in [0.15, 0.2) is 0 Å². The summed E-state index contributed by atoms with van der Waals surface area (Å²) < 4.78 is 5.01. The summed E-state index contributed by atoms with van der Waals surface area (Å²) in [6.07, 6.45) is -0.0239. The maximum atomic E-state index is 11.6. The summed E-state index contributed by atoms with van der Waals surface area (Å²) >= 11 is 0. The summed E-state index contributed by atoms with van der Waals surface area (Å²) in [4.78, 5) is 22.4. The van der Waals surface area contributed by atoms with Crippen LogP contribution in [0.3, 0.4) is 0 Å². The second kappa shape index (κ2) is 5.78. The highest BCUT2D eigenvalue weighted by Crippen LogP contribution is 2.12. The number of carboxylic acids is 1. The van der Waals surface area contributed by atoms with Crippen LogP contribution in [0.25, 0.3) is 0 Å². The lowest BCUT2D eigenvalue weighted by atomic mass is 10.0. The van der Waals surface area contributed by atoms with Gasteiger partial charge in [-0.05, 0) is 0 Å². The van der Waals surface area contributed by atoms with Gasteiger partial charge in [-0.2, -0.15) is 0 Å². The Bertz CT molecular complexity index is 271. The van der Waals surface area contributed by atoms with E-state index in [1.807, 2.05) is 0 Å². The molecule has 1 saturated heterocycles. The van der Waals surface area contributed by atoms with Crippen molar-refractivity contribution >= 4 is 11.9 Å². The van der Waals surface area contributed by atoms with E-state index in [1.54, 1.807) is 0 Å². The largest absolute Gasteiger partial charge is 0.480 e. The highest BCUT2D eigenvalue weighted by atomic mass is 16.5. The number of rotatable bonds is 5. The third-order valence-corrected chi connectivity index (χ3v) is 2.49. The van der Waals surface area contributed by atoms with Gasteiger partial charge in [-0.1, -0.05) is 0 Å². The first-order valence-electron chi connectivity index (χ1n) is 5.03. The fourth-order valence-electron chi connectivity index (χ4n) is 1.51. The van der Waals surface area contributed by atoms with Gasteiger partial charge in [0.15, 0.2) is 0 Å². The van der Waals surface area contributed by atoms with E-state index >= 15 is 0 Å². The molecule has 0 aromatic rings. The highest BCUT2D eigenvalue weighted by molar-refractivity contribution is 5.85. The van der Waals surface area contributed by atoms with Gasteiger partial charge in [0.05, 0.1) is 19.1 Å². The van der Waals surface area contributed by atoms with Crippen LogP contribution in [0.4, 0.5) is 0 Å². The summed E-state index contributed by atoms with van der Waals surface area (Å²) in [6, 6.07) is -1.48. The molecule has 0 aromatic heterocycles. The predicted molar refractivity (Wildman–Crippen MR) is 53.6 cm³/mol. The molecule has 5 N–H and O–H groups in total. The zero-order valence-corrected chi connectivity index (χ0v) is 8.76. The van der Waals surface area contributed by atoms with E-state index in [4.69, 9.17) is 20.7 Å². The molecule has 1 fully saturated rings. The number of carbonyl (C=O) groups is 2. The van der Waals surface area contributed by atoms with E-state index < -0.39 is 29.9 Å². The minimum atomic E-state index is -1.17. The van der Waals surface area contributed by atoms with Gasteiger partial charge in [-0.3, -0.25) is 4.79 Å². The van der Waals surface area contributed by atoms with Crippen molar-refractivity contribution in [2.45, 2.75) is 18.5 Å². The molecule has 7 heteroatoms. The van der Waals surface area contributed by atoms with Gasteiger partial charge < -0.3 is 26.0 Å². The van der Waals surface area contributed by atoms with Crippen molar-refractivity contribution in [1.29, 1.82) is 0 Å². The highest BCUT2D eigenvalue weighted by Gasteiger charge is 2.33. The number of nitrogens with two attached hydrogens (primary N) is 1. The molecule has 7 nitrogen and oxygen atoms in total. The van der Waals surface area contributed by atoms with Crippen LogP contribution < -0.4 is 11.1 Å². The van der Waals surface area contributed by atoms with Gasteiger partial charge in [0.1, 0.15) is 6.04 Å². The first kappa shape index (κ1) is 12.9. The Balaban J connectivity index is 2.50. The smallest absolute Gasteiger partial charge is 0.326 e. The van der Waals surface area contributed by atoms with E-state index in [9.17, 15) is 9.59 Å². The van der Waals surface area contributed by atoms with Crippen molar-refractivity contribution < 1.29 is 24.5 Å².